The first-order valence-corrected chi connectivity index (χ1v) is 14.0. The van der Waals surface area contributed by atoms with E-state index in [1.807, 2.05) is 32.9 Å². The number of nitrogens with one attached hydrogen (secondary N) is 3. The van der Waals surface area contributed by atoms with Crippen LogP contribution in [0.5, 0.6) is 0 Å². The highest BCUT2D eigenvalue weighted by Crippen LogP contribution is 2.32. The van der Waals surface area contributed by atoms with Crippen molar-refractivity contribution in [3.05, 3.63) is 60.0 Å². The molecule has 0 atom stereocenters. The zero-order chi connectivity index (χ0) is 26.7. The number of anilines is 1. The normalized spacial score (nSPS) is 17.6. The lowest BCUT2D eigenvalue weighted by Crippen LogP contribution is -2.47. The first-order chi connectivity index (χ1) is 17.5. The third-order valence-electron chi connectivity index (χ3n) is 6.21. The maximum Gasteiger partial charge on any atom is 0.235 e. The molecule has 2 heterocycles. The van der Waals surface area contributed by atoms with E-state index in [4.69, 9.17) is 14.8 Å². The molecule has 0 spiro atoms. The van der Waals surface area contributed by atoms with Gasteiger partial charge in [0, 0.05) is 42.9 Å². The second kappa shape index (κ2) is 10.9. The molecule has 10 heteroatoms. The third kappa shape index (κ3) is 7.11. The van der Waals surface area contributed by atoms with Crippen LogP contribution in [0.25, 0.3) is 16.7 Å². The van der Waals surface area contributed by atoms with E-state index >= 15 is 0 Å². The van der Waals surface area contributed by atoms with E-state index in [-0.39, 0.29) is 5.25 Å². The van der Waals surface area contributed by atoms with Gasteiger partial charge in [-0.05, 0) is 77.1 Å². The fourth-order valence-electron chi connectivity index (χ4n) is 4.07. The maximum atomic E-state index is 12.3. The quantitative estimate of drug-likeness (QED) is 0.349. The van der Waals surface area contributed by atoms with Crippen LogP contribution in [0, 0.1) is 5.41 Å². The number of amidine groups is 2. The molecule has 198 valence electrons. The van der Waals surface area contributed by atoms with Gasteiger partial charge in [0.1, 0.15) is 23.0 Å². The second-order valence-electron chi connectivity index (χ2n) is 10.0. The topological polar surface area (TPSA) is 114 Å². The Kier molecular flexibility index (Phi) is 7.89. The van der Waals surface area contributed by atoms with Crippen LogP contribution in [0.1, 0.15) is 39.4 Å². The Balaban J connectivity index is 1.58. The average molecular weight is 525 g/mol. The molecule has 2 aliphatic rings. The molecular weight excluding hydrogens is 488 g/mol. The zero-order valence-corrected chi connectivity index (χ0v) is 22.8. The van der Waals surface area contributed by atoms with Crippen molar-refractivity contribution in [3.63, 3.8) is 0 Å². The summed E-state index contributed by atoms with van der Waals surface area (Å²) in [6.07, 6.45) is 5.12. The molecule has 3 N–H and O–H groups in total. The van der Waals surface area contributed by atoms with E-state index in [0.29, 0.717) is 41.4 Å². The first kappa shape index (κ1) is 26.7. The molecule has 1 saturated heterocycles. The number of hydrogen-bond acceptors (Lipinski definition) is 6. The Labute approximate surface area is 219 Å². The van der Waals surface area contributed by atoms with E-state index in [9.17, 15) is 8.42 Å². The largest absolute Gasteiger partial charge is 0.454 e. The third-order valence-corrected chi connectivity index (χ3v) is 8.08. The Morgan fingerprint density at radius 3 is 2.49 bits per heavy atom. The molecule has 1 aliphatic carbocycles. The average Bonchev–Trinajstić information content (AvgIpc) is 3.59. The number of likely N-dealkylation sites (N-methyl/N-ethyl adjacent to an activating group) is 1. The lowest BCUT2D eigenvalue weighted by molar-refractivity contribution is 0.216. The summed E-state index contributed by atoms with van der Waals surface area (Å²) in [6, 6.07) is 7.06. The van der Waals surface area contributed by atoms with Gasteiger partial charge in [-0.2, -0.15) is 0 Å². The summed E-state index contributed by atoms with van der Waals surface area (Å²) in [5.41, 5.74) is 3.45. The van der Waals surface area contributed by atoms with Crippen molar-refractivity contribution < 1.29 is 12.8 Å². The van der Waals surface area contributed by atoms with Crippen molar-refractivity contribution in [2.75, 3.05) is 37.9 Å². The summed E-state index contributed by atoms with van der Waals surface area (Å²) >= 11 is 0. The van der Waals surface area contributed by atoms with E-state index in [2.05, 4.69) is 33.5 Å². The Morgan fingerprint density at radius 1 is 1.14 bits per heavy atom. The van der Waals surface area contributed by atoms with E-state index in [1.54, 1.807) is 24.3 Å². The predicted molar refractivity (Wildman–Crippen MR) is 151 cm³/mol. The number of sulfonamides is 1. The molecule has 0 bridgehead atoms. The molecule has 4 rings (SSSR count). The fraction of sp³-hybridized carbons (Fsp3) is 0.407. The number of piperazine rings is 1. The van der Waals surface area contributed by atoms with Crippen molar-refractivity contribution in [2.24, 2.45) is 4.99 Å². The molecule has 1 aromatic heterocycles. The van der Waals surface area contributed by atoms with Gasteiger partial charge < -0.3 is 19.5 Å². The number of nitrogens with zero attached hydrogens (tertiary/aromatic N) is 3. The minimum absolute atomic E-state index is 0.290. The van der Waals surface area contributed by atoms with Crippen LogP contribution in [0.3, 0.4) is 0 Å². The highest BCUT2D eigenvalue weighted by molar-refractivity contribution is 7.93. The molecule has 2 fully saturated rings. The predicted octanol–water partition coefficient (Wildman–Crippen LogP) is 4.39. The highest BCUT2D eigenvalue weighted by Gasteiger charge is 2.35. The number of rotatable bonds is 8. The summed E-state index contributed by atoms with van der Waals surface area (Å²) in [5, 5.41) is 11.7. The monoisotopic (exact) mass is 524 g/mol. The van der Waals surface area contributed by atoms with Gasteiger partial charge in [0.2, 0.25) is 10.0 Å². The summed E-state index contributed by atoms with van der Waals surface area (Å²) < 4.78 is 33.3. The van der Waals surface area contributed by atoms with E-state index < -0.39 is 10.0 Å². The molecule has 1 saturated carbocycles. The minimum atomic E-state index is -3.34. The molecule has 1 aromatic carbocycles. The van der Waals surface area contributed by atoms with Gasteiger partial charge in [0.25, 0.3) is 0 Å². The van der Waals surface area contributed by atoms with Crippen molar-refractivity contribution in [1.29, 1.82) is 5.41 Å². The summed E-state index contributed by atoms with van der Waals surface area (Å²) in [6.45, 7) is 13.5. The van der Waals surface area contributed by atoms with Gasteiger partial charge in [0.15, 0.2) is 5.76 Å². The second-order valence-corrected chi connectivity index (χ2v) is 12.0. The number of benzene rings is 1. The zero-order valence-electron chi connectivity index (χ0n) is 22.0. The molecule has 1 aliphatic heterocycles. The van der Waals surface area contributed by atoms with Gasteiger partial charge in [-0.3, -0.25) is 10.1 Å². The van der Waals surface area contributed by atoms with Crippen LogP contribution < -0.4 is 10.0 Å². The minimum Gasteiger partial charge on any atom is -0.454 e. The van der Waals surface area contributed by atoms with Gasteiger partial charge in [-0.15, -0.1) is 0 Å². The van der Waals surface area contributed by atoms with E-state index in [0.717, 1.165) is 48.7 Å². The molecule has 2 aromatic rings. The Bertz CT molecular complexity index is 1390. The summed E-state index contributed by atoms with van der Waals surface area (Å²) in [7, 11) is -1.24. The summed E-state index contributed by atoms with van der Waals surface area (Å²) in [4.78, 5) is 9.31. The smallest absolute Gasteiger partial charge is 0.235 e. The van der Waals surface area contributed by atoms with Crippen LogP contribution in [0.15, 0.2) is 63.7 Å². The van der Waals surface area contributed by atoms with E-state index in [1.165, 1.54) is 0 Å². The van der Waals surface area contributed by atoms with Crippen LogP contribution in [-0.4, -0.2) is 68.4 Å². The van der Waals surface area contributed by atoms with Gasteiger partial charge in [0.05, 0.1) is 5.25 Å². The number of aliphatic imine (C=N–C) groups is 1. The van der Waals surface area contributed by atoms with Gasteiger partial charge >= 0.3 is 0 Å². The molecular formula is C27H36N6O3S. The number of hydrogen-bond donors (Lipinski definition) is 3. The first-order valence-electron chi connectivity index (χ1n) is 12.5. The van der Waals surface area contributed by atoms with Crippen molar-refractivity contribution in [3.8, 4) is 0 Å². The van der Waals surface area contributed by atoms with Crippen LogP contribution in [0.4, 0.5) is 5.69 Å². The molecule has 0 amide bonds. The molecule has 37 heavy (non-hydrogen) atoms. The lowest BCUT2D eigenvalue weighted by Gasteiger charge is -2.34. The van der Waals surface area contributed by atoms with Crippen LogP contribution in [0.2, 0.25) is 0 Å². The molecule has 0 radical (unpaired) electrons. The van der Waals surface area contributed by atoms with Crippen LogP contribution in [-0.2, 0) is 10.0 Å². The van der Waals surface area contributed by atoms with Gasteiger partial charge in [-0.25, -0.2) is 13.4 Å². The molecule has 9 nitrogen and oxygen atoms in total. The standard InChI is InChI=1S/C27H36N6O3S/c1-18(2)14-26(28)29-19(3)15-27(33-12-10-32(5)11-13-33)30-20(4)25-17-21-16-22(6-9-24(21)36-25)31-37(34,35)23-7-8-23/h6,9,14-17,23,31H,4,7-8,10-13H2,1-3,5H3,(H2,28,29)/b19-15+,30-27+. The van der Waals surface area contributed by atoms with Crippen molar-refractivity contribution in [2.45, 2.75) is 38.9 Å². The summed E-state index contributed by atoms with van der Waals surface area (Å²) in [5.74, 6) is 1.57. The Morgan fingerprint density at radius 2 is 1.84 bits per heavy atom. The maximum absolute atomic E-state index is 12.3. The molecule has 0 unspecified atom stereocenters. The lowest BCUT2D eigenvalue weighted by atomic mass is 10.2. The Hall–Kier alpha value is -3.37. The van der Waals surface area contributed by atoms with Crippen molar-refractivity contribution >= 4 is 44.0 Å². The number of allylic oxidation sites excluding steroid dienone is 2. The number of fused-ring (bicyclic) bond motifs is 1. The van der Waals surface area contributed by atoms with Crippen LogP contribution >= 0.6 is 0 Å². The highest BCUT2D eigenvalue weighted by atomic mass is 32.2. The van der Waals surface area contributed by atoms with Gasteiger partial charge in [-0.1, -0.05) is 12.2 Å². The van der Waals surface area contributed by atoms with Crippen molar-refractivity contribution in [1.82, 2.24) is 15.1 Å². The SMILES string of the molecule is C=C(/N=C(\C=C(/C)NC(=N)C=C(C)C)N1CCN(C)CC1)c1cc2cc(NS(=O)(=O)C3CC3)ccc2o1. The fourth-order valence-corrected chi connectivity index (χ4v) is 5.44. The number of furan rings is 1.